The smallest absolute Gasteiger partial charge is 0.328 e. The maximum absolute atomic E-state index is 14.3. The van der Waals surface area contributed by atoms with Gasteiger partial charge in [0.1, 0.15) is 23.1 Å². The topological polar surface area (TPSA) is 79.9 Å². The lowest BCUT2D eigenvalue weighted by Crippen LogP contribution is -2.53. The predicted molar refractivity (Wildman–Crippen MR) is 135 cm³/mol. The van der Waals surface area contributed by atoms with Crippen molar-refractivity contribution >= 4 is 34.4 Å². The summed E-state index contributed by atoms with van der Waals surface area (Å²) in [6.07, 6.45) is 3.39. The molecule has 1 aromatic heterocycles. The summed E-state index contributed by atoms with van der Waals surface area (Å²) >= 11 is 6.13. The third kappa shape index (κ3) is 3.50. The van der Waals surface area contributed by atoms with Gasteiger partial charge in [-0.15, -0.1) is 0 Å². The lowest BCUT2D eigenvalue weighted by molar-refractivity contribution is -0.133. The normalized spacial score (nSPS) is 24.1. The van der Waals surface area contributed by atoms with Gasteiger partial charge in [0, 0.05) is 29.6 Å². The molecule has 2 aromatic carbocycles. The summed E-state index contributed by atoms with van der Waals surface area (Å²) < 4.78 is 14.3. The summed E-state index contributed by atoms with van der Waals surface area (Å²) in [7, 11) is 0. The second kappa shape index (κ2) is 8.49. The molecule has 2 atom stereocenters. The number of aromatic hydroxyl groups is 1. The third-order valence-electron chi connectivity index (χ3n) is 7.95. The molecular weight excluding hydrogens is 483 g/mol. The molecule has 2 fully saturated rings. The Bertz CT molecular complexity index is 1380. The van der Waals surface area contributed by atoms with Crippen LogP contribution in [0.4, 0.5) is 9.18 Å². The van der Waals surface area contributed by atoms with Crippen LogP contribution in [0.3, 0.4) is 0 Å². The van der Waals surface area contributed by atoms with Gasteiger partial charge in [-0.1, -0.05) is 23.7 Å². The van der Waals surface area contributed by atoms with Gasteiger partial charge in [0.25, 0.3) is 5.91 Å². The summed E-state index contributed by atoms with van der Waals surface area (Å²) in [6.45, 7) is 5.15. The largest absolute Gasteiger partial charge is 0.508 e. The summed E-state index contributed by atoms with van der Waals surface area (Å²) in [5.74, 6) is -0.709. The number of likely N-dealkylation sites (tertiary alicyclic amines) is 1. The van der Waals surface area contributed by atoms with E-state index in [1.807, 2.05) is 6.07 Å². The number of fused-ring (bicyclic) bond motifs is 4. The van der Waals surface area contributed by atoms with Crippen molar-refractivity contribution in [3.8, 4) is 5.75 Å². The lowest BCUT2D eigenvalue weighted by Gasteiger charge is -2.42. The number of hydrogen-bond acceptors (Lipinski definition) is 4. The van der Waals surface area contributed by atoms with Crippen molar-refractivity contribution in [1.29, 1.82) is 0 Å². The molecule has 188 valence electrons. The predicted octanol–water partition coefficient (Wildman–Crippen LogP) is 4.82. The van der Waals surface area contributed by atoms with Crippen LogP contribution in [0.25, 0.3) is 10.9 Å². The number of nitrogens with one attached hydrogen (secondary N) is 1. The van der Waals surface area contributed by atoms with Gasteiger partial charge in [0.2, 0.25) is 0 Å². The molecule has 2 saturated heterocycles. The number of halogens is 2. The molecule has 2 unspecified atom stereocenters. The zero-order chi connectivity index (χ0) is 25.2. The quantitative estimate of drug-likeness (QED) is 0.482. The van der Waals surface area contributed by atoms with Crippen molar-refractivity contribution in [3.63, 3.8) is 0 Å². The number of H-pyrrole nitrogens is 1. The highest BCUT2D eigenvalue weighted by Gasteiger charge is 2.60. The molecule has 36 heavy (non-hydrogen) atoms. The zero-order valence-corrected chi connectivity index (χ0v) is 20.8. The van der Waals surface area contributed by atoms with E-state index in [1.54, 1.807) is 36.1 Å². The number of aromatic nitrogens is 1. The molecule has 3 aromatic rings. The Morgan fingerprint density at radius 1 is 1.17 bits per heavy atom. The summed E-state index contributed by atoms with van der Waals surface area (Å²) in [5, 5.41) is 11.0. The number of imide groups is 1. The maximum Gasteiger partial charge on any atom is 0.328 e. The van der Waals surface area contributed by atoms with E-state index in [0.717, 1.165) is 37.0 Å². The Morgan fingerprint density at radius 3 is 2.69 bits per heavy atom. The van der Waals surface area contributed by atoms with Gasteiger partial charge in [0.05, 0.1) is 5.02 Å². The molecule has 7 nitrogen and oxygen atoms in total. The number of nitrogens with zero attached hydrogens (tertiary/aromatic N) is 3. The first-order chi connectivity index (χ1) is 17.3. The number of amides is 3. The highest BCUT2D eigenvalue weighted by atomic mass is 35.5. The number of benzene rings is 2. The van der Waals surface area contributed by atoms with Gasteiger partial charge in [-0.3, -0.25) is 14.6 Å². The van der Waals surface area contributed by atoms with Crippen molar-refractivity contribution in [2.45, 2.75) is 44.2 Å². The Balaban J connectivity index is 1.43. The maximum atomic E-state index is 14.3. The van der Waals surface area contributed by atoms with Gasteiger partial charge in [0.15, 0.2) is 0 Å². The van der Waals surface area contributed by atoms with E-state index in [1.165, 1.54) is 23.8 Å². The van der Waals surface area contributed by atoms with Crippen molar-refractivity contribution < 1.29 is 19.1 Å². The third-order valence-corrected chi connectivity index (χ3v) is 8.24. The van der Waals surface area contributed by atoms with E-state index in [4.69, 9.17) is 11.6 Å². The fraction of sp³-hybridized carbons (Fsp3) is 0.407. The van der Waals surface area contributed by atoms with Crippen LogP contribution in [0.15, 0.2) is 36.4 Å². The summed E-state index contributed by atoms with van der Waals surface area (Å²) in [4.78, 5) is 36.4. The number of rotatable bonds is 5. The molecular formula is C27H28ClFN4O3. The van der Waals surface area contributed by atoms with E-state index >= 15 is 0 Å². The molecule has 3 amide bonds. The van der Waals surface area contributed by atoms with Crippen LogP contribution in [0.1, 0.15) is 49.0 Å². The van der Waals surface area contributed by atoms with Gasteiger partial charge < -0.3 is 15.0 Å². The Labute approximate surface area is 213 Å². The second-order valence-corrected chi connectivity index (χ2v) is 10.7. The average molecular weight is 511 g/mol. The number of phenolic OH excluding ortho intramolecular Hbond substituents is 1. The van der Waals surface area contributed by atoms with Crippen molar-refractivity contribution in [1.82, 2.24) is 19.7 Å². The van der Waals surface area contributed by atoms with E-state index in [-0.39, 0.29) is 29.1 Å². The summed E-state index contributed by atoms with van der Waals surface area (Å²) in [6, 6.07) is 8.64. The first-order valence-electron chi connectivity index (χ1n) is 12.4. The van der Waals surface area contributed by atoms with Crippen LogP contribution in [-0.4, -0.2) is 68.4 Å². The molecule has 4 heterocycles. The number of carbonyl (C=O) groups is 2. The highest BCUT2D eigenvalue weighted by Crippen LogP contribution is 2.49. The molecule has 6 rings (SSSR count). The Hall–Kier alpha value is -3.10. The lowest BCUT2D eigenvalue weighted by atomic mass is 9.81. The molecule has 0 aliphatic carbocycles. The zero-order valence-electron chi connectivity index (χ0n) is 20.1. The standard InChI is InChI=1S/C27H28ClFN4O3/c1-27-15-19-18-13-20(28)21(29)14-22(18)30-23(19)24(16-6-4-7-17(34)12-16)33(27)26(36)32(25(27)35)11-5-10-31-8-2-3-9-31/h4,6-7,12-14,24,30,34H,2-3,5,8-11,15H2,1H3. The van der Waals surface area contributed by atoms with E-state index in [2.05, 4.69) is 9.88 Å². The molecule has 2 N–H and O–H groups in total. The number of hydrogen-bond donors (Lipinski definition) is 2. The van der Waals surface area contributed by atoms with Gasteiger partial charge in [-0.25, -0.2) is 9.18 Å². The van der Waals surface area contributed by atoms with Crippen LogP contribution < -0.4 is 0 Å². The minimum Gasteiger partial charge on any atom is -0.508 e. The molecule has 0 bridgehead atoms. The van der Waals surface area contributed by atoms with Gasteiger partial charge in [-0.2, -0.15) is 0 Å². The van der Waals surface area contributed by atoms with Crippen molar-refractivity contribution in [2.24, 2.45) is 0 Å². The minimum atomic E-state index is -1.12. The number of carbonyl (C=O) groups excluding carboxylic acids is 2. The Morgan fingerprint density at radius 2 is 1.94 bits per heavy atom. The highest BCUT2D eigenvalue weighted by molar-refractivity contribution is 6.31. The van der Waals surface area contributed by atoms with Crippen LogP contribution in [0.5, 0.6) is 5.75 Å². The first kappa shape index (κ1) is 23.3. The molecule has 3 aliphatic heterocycles. The van der Waals surface area contributed by atoms with E-state index < -0.39 is 17.4 Å². The monoisotopic (exact) mass is 510 g/mol. The molecule has 0 saturated carbocycles. The van der Waals surface area contributed by atoms with Gasteiger partial charge in [-0.05, 0) is 81.2 Å². The molecule has 3 aliphatic rings. The Kier molecular flexibility index (Phi) is 5.50. The number of urea groups is 1. The average Bonchev–Trinajstić information content (AvgIpc) is 3.52. The van der Waals surface area contributed by atoms with Crippen molar-refractivity contribution in [2.75, 3.05) is 26.2 Å². The molecule has 0 spiro atoms. The van der Waals surface area contributed by atoms with E-state index in [0.29, 0.717) is 23.3 Å². The van der Waals surface area contributed by atoms with Crippen LogP contribution in [-0.2, 0) is 11.2 Å². The number of aromatic amines is 1. The summed E-state index contributed by atoms with van der Waals surface area (Å²) in [5.41, 5.74) is 1.64. The number of phenols is 1. The van der Waals surface area contributed by atoms with Crippen molar-refractivity contribution in [3.05, 3.63) is 64.1 Å². The van der Waals surface area contributed by atoms with E-state index in [9.17, 15) is 19.1 Å². The second-order valence-electron chi connectivity index (χ2n) is 10.3. The van der Waals surface area contributed by atoms with Gasteiger partial charge >= 0.3 is 6.03 Å². The van der Waals surface area contributed by atoms with Crippen LogP contribution >= 0.6 is 11.6 Å². The van der Waals surface area contributed by atoms with Crippen LogP contribution in [0, 0.1) is 5.82 Å². The molecule has 0 radical (unpaired) electrons. The SMILES string of the molecule is CC12Cc3c([nH]c4cc(F)c(Cl)cc34)C(c3cccc(O)c3)N1C(=O)N(CCCN1CCCC1)C2=O. The first-order valence-corrected chi connectivity index (χ1v) is 12.8. The minimum absolute atomic E-state index is 0.00292. The fourth-order valence-corrected chi connectivity index (χ4v) is 6.37. The van der Waals surface area contributed by atoms with Crippen LogP contribution in [0.2, 0.25) is 5.02 Å². The fourth-order valence-electron chi connectivity index (χ4n) is 6.21. The molecule has 9 heteroatoms.